The van der Waals surface area contributed by atoms with Crippen molar-refractivity contribution in [3.63, 3.8) is 0 Å². The fourth-order valence-electron chi connectivity index (χ4n) is 6.21. The van der Waals surface area contributed by atoms with E-state index in [1.807, 2.05) is 36.1 Å². The number of hydrogen-bond donors (Lipinski definition) is 2. The van der Waals surface area contributed by atoms with Gasteiger partial charge in [0.15, 0.2) is 11.0 Å². The third-order valence-electron chi connectivity index (χ3n) is 8.88. The zero-order valence-electron chi connectivity index (χ0n) is 25.5. The number of benzene rings is 2. The smallest absolute Gasteiger partial charge is 0.223 e. The van der Waals surface area contributed by atoms with Crippen LogP contribution in [0.2, 0.25) is 5.15 Å². The minimum absolute atomic E-state index is 0.169. The molecule has 0 bridgehead atoms. The SMILES string of the molecule is CCCC(=O)N(Cc1ccc(F)c(-c2ccc(N3CCN(C)[C@@H](C)C3)c(Nc3ncnc(Cl)c3N)c2)c1)C1CCCCC1. The van der Waals surface area contributed by atoms with Crippen LogP contribution in [0.5, 0.6) is 0 Å². The van der Waals surface area contributed by atoms with E-state index in [2.05, 4.69) is 39.1 Å². The molecule has 1 saturated carbocycles. The lowest BCUT2D eigenvalue weighted by Gasteiger charge is -2.39. The van der Waals surface area contributed by atoms with Crippen LogP contribution in [0.15, 0.2) is 42.7 Å². The first-order chi connectivity index (χ1) is 20.7. The number of nitrogens with one attached hydrogen (secondary N) is 1. The Balaban J connectivity index is 1.50. The molecule has 1 aliphatic carbocycles. The molecular formula is C33H43ClFN7O. The molecule has 43 heavy (non-hydrogen) atoms. The van der Waals surface area contributed by atoms with Gasteiger partial charge in [-0.3, -0.25) is 4.79 Å². The molecule has 0 unspecified atom stereocenters. The van der Waals surface area contributed by atoms with Crippen molar-refractivity contribution in [2.45, 2.75) is 77.4 Å². The summed E-state index contributed by atoms with van der Waals surface area (Å²) in [6, 6.07) is 11.7. The Morgan fingerprint density at radius 3 is 2.67 bits per heavy atom. The lowest BCUT2D eigenvalue weighted by molar-refractivity contribution is -0.135. The van der Waals surface area contributed by atoms with Crippen LogP contribution in [0.25, 0.3) is 11.1 Å². The van der Waals surface area contributed by atoms with Crippen LogP contribution in [0, 0.1) is 5.82 Å². The number of amides is 1. The standard InChI is InChI=1S/C33H43ClFN7O/c1-4-8-30(43)42(25-9-6-5-7-10-25)20-23-11-13-27(35)26(17-23)24-12-14-29(41-16-15-40(3)22(2)19-41)28(18-24)39-33-31(36)32(34)37-21-38-33/h11-14,17-18,21-22,25H,4-10,15-16,19-20,36H2,1-3H3,(H,37,38,39)/t22-/m0/s1. The first-order valence-electron chi connectivity index (χ1n) is 15.5. The zero-order valence-corrected chi connectivity index (χ0v) is 26.2. The van der Waals surface area contributed by atoms with E-state index < -0.39 is 0 Å². The molecule has 1 atom stereocenters. The fraction of sp³-hybridized carbons (Fsp3) is 0.485. The van der Waals surface area contributed by atoms with Gasteiger partial charge >= 0.3 is 0 Å². The molecular weight excluding hydrogens is 565 g/mol. The minimum Gasteiger partial charge on any atom is -0.393 e. The predicted octanol–water partition coefficient (Wildman–Crippen LogP) is 6.86. The summed E-state index contributed by atoms with van der Waals surface area (Å²) >= 11 is 6.20. The Bertz CT molecular complexity index is 1430. The number of nitrogens with two attached hydrogens (primary N) is 1. The van der Waals surface area contributed by atoms with Crippen molar-refractivity contribution in [3.8, 4) is 11.1 Å². The normalized spacial score (nSPS) is 18.1. The van der Waals surface area contributed by atoms with Gasteiger partial charge in [-0.15, -0.1) is 0 Å². The largest absolute Gasteiger partial charge is 0.393 e. The second-order valence-corrected chi connectivity index (χ2v) is 12.3. The fourth-order valence-corrected chi connectivity index (χ4v) is 6.34. The Labute approximate surface area is 259 Å². The monoisotopic (exact) mass is 607 g/mol. The van der Waals surface area contributed by atoms with Gasteiger partial charge in [0.2, 0.25) is 5.91 Å². The summed E-state index contributed by atoms with van der Waals surface area (Å²) in [5, 5.41) is 3.53. The van der Waals surface area contributed by atoms with Gasteiger partial charge in [-0.25, -0.2) is 14.4 Å². The Hall–Kier alpha value is -3.43. The van der Waals surface area contributed by atoms with Gasteiger partial charge in [0, 0.05) is 50.2 Å². The van der Waals surface area contributed by atoms with Gasteiger partial charge in [-0.2, -0.15) is 0 Å². The first-order valence-corrected chi connectivity index (χ1v) is 15.8. The van der Waals surface area contributed by atoms with Crippen LogP contribution >= 0.6 is 11.6 Å². The molecule has 1 saturated heterocycles. The number of likely N-dealkylation sites (N-methyl/N-ethyl adjacent to an activating group) is 1. The second-order valence-electron chi connectivity index (χ2n) is 11.9. The van der Waals surface area contributed by atoms with E-state index in [-0.39, 0.29) is 28.6 Å². The maximum Gasteiger partial charge on any atom is 0.223 e. The van der Waals surface area contributed by atoms with Gasteiger partial charge in [0.25, 0.3) is 0 Å². The highest BCUT2D eigenvalue weighted by Crippen LogP contribution is 2.37. The zero-order chi connectivity index (χ0) is 30.5. The van der Waals surface area contributed by atoms with E-state index in [9.17, 15) is 4.79 Å². The molecule has 2 heterocycles. The van der Waals surface area contributed by atoms with Crippen LogP contribution in [-0.4, -0.2) is 64.4 Å². The van der Waals surface area contributed by atoms with Crippen molar-refractivity contribution in [1.29, 1.82) is 0 Å². The van der Waals surface area contributed by atoms with Crippen LogP contribution < -0.4 is 16.0 Å². The van der Waals surface area contributed by atoms with E-state index in [1.165, 1.54) is 18.8 Å². The number of anilines is 4. The van der Waals surface area contributed by atoms with Crippen molar-refractivity contribution >= 4 is 40.4 Å². The van der Waals surface area contributed by atoms with Gasteiger partial charge in [-0.05, 0) is 68.6 Å². The molecule has 2 fully saturated rings. The maximum absolute atomic E-state index is 15.5. The predicted molar refractivity (Wildman–Crippen MR) is 173 cm³/mol. The number of aromatic nitrogens is 2. The number of rotatable bonds is 9. The van der Waals surface area contributed by atoms with Crippen LogP contribution in [0.3, 0.4) is 0 Å². The number of hydrogen-bond acceptors (Lipinski definition) is 7. The average molecular weight is 608 g/mol. The molecule has 2 aromatic carbocycles. The molecule has 8 nitrogen and oxygen atoms in total. The van der Waals surface area contributed by atoms with E-state index in [4.69, 9.17) is 17.3 Å². The van der Waals surface area contributed by atoms with Crippen molar-refractivity contribution in [2.75, 3.05) is 42.6 Å². The molecule has 5 rings (SSSR count). The summed E-state index contributed by atoms with van der Waals surface area (Å²) in [6.45, 7) is 7.34. The Morgan fingerprint density at radius 1 is 1.14 bits per heavy atom. The molecule has 230 valence electrons. The van der Waals surface area contributed by atoms with Crippen LogP contribution in [0.1, 0.15) is 64.4 Å². The van der Waals surface area contributed by atoms with Crippen molar-refractivity contribution in [2.24, 2.45) is 0 Å². The van der Waals surface area contributed by atoms with Gasteiger partial charge in [0.1, 0.15) is 17.8 Å². The molecule has 0 spiro atoms. The molecule has 0 radical (unpaired) electrons. The summed E-state index contributed by atoms with van der Waals surface area (Å²) in [5.41, 5.74) is 10.3. The molecule has 1 amide bonds. The molecule has 3 N–H and O–H groups in total. The first kappa shape index (κ1) is 31.0. The molecule has 1 aromatic heterocycles. The second kappa shape index (κ2) is 13.9. The van der Waals surface area contributed by atoms with Crippen LogP contribution in [-0.2, 0) is 11.3 Å². The minimum atomic E-state index is -0.315. The number of carbonyl (C=O) groups is 1. The molecule has 1 aliphatic heterocycles. The van der Waals surface area contributed by atoms with Crippen molar-refractivity contribution < 1.29 is 9.18 Å². The summed E-state index contributed by atoms with van der Waals surface area (Å²) in [5.74, 6) is 0.260. The van der Waals surface area contributed by atoms with Gasteiger partial charge in [0.05, 0.1) is 11.4 Å². The third-order valence-corrected chi connectivity index (χ3v) is 9.18. The number of nitrogens with zero attached hydrogens (tertiary/aromatic N) is 5. The number of piperazine rings is 1. The van der Waals surface area contributed by atoms with Crippen molar-refractivity contribution in [1.82, 2.24) is 19.8 Å². The third kappa shape index (κ3) is 7.21. The quantitative estimate of drug-likeness (QED) is 0.257. The number of halogens is 2. The summed E-state index contributed by atoms with van der Waals surface area (Å²) in [6.07, 6.45) is 8.27. The van der Waals surface area contributed by atoms with Gasteiger partial charge < -0.3 is 25.8 Å². The summed E-state index contributed by atoms with van der Waals surface area (Å²) in [4.78, 5) is 28.2. The Morgan fingerprint density at radius 2 is 1.93 bits per heavy atom. The summed E-state index contributed by atoms with van der Waals surface area (Å²) in [7, 11) is 2.13. The average Bonchev–Trinajstić information content (AvgIpc) is 3.01. The molecule has 2 aliphatic rings. The van der Waals surface area contributed by atoms with Crippen LogP contribution in [0.4, 0.5) is 27.3 Å². The van der Waals surface area contributed by atoms with E-state index in [0.29, 0.717) is 30.4 Å². The summed E-state index contributed by atoms with van der Waals surface area (Å²) < 4.78 is 15.5. The van der Waals surface area contributed by atoms with E-state index in [0.717, 1.165) is 74.2 Å². The maximum atomic E-state index is 15.5. The highest BCUT2D eigenvalue weighted by atomic mass is 35.5. The highest BCUT2D eigenvalue weighted by molar-refractivity contribution is 6.32. The van der Waals surface area contributed by atoms with Crippen molar-refractivity contribution in [3.05, 3.63) is 59.3 Å². The lowest BCUT2D eigenvalue weighted by atomic mass is 9.93. The lowest BCUT2D eigenvalue weighted by Crippen LogP contribution is -2.50. The topological polar surface area (TPSA) is 90.6 Å². The number of carbonyl (C=O) groups excluding carboxylic acids is 1. The number of nitrogen functional groups attached to an aromatic ring is 1. The Kier molecular flexibility index (Phi) is 10.0. The van der Waals surface area contributed by atoms with E-state index >= 15 is 4.39 Å². The molecule has 10 heteroatoms. The van der Waals surface area contributed by atoms with Gasteiger partial charge in [-0.1, -0.05) is 49.9 Å². The highest BCUT2D eigenvalue weighted by Gasteiger charge is 2.26. The molecule has 3 aromatic rings. The van der Waals surface area contributed by atoms with E-state index in [1.54, 1.807) is 6.07 Å².